The van der Waals surface area contributed by atoms with Crippen molar-refractivity contribution < 1.29 is 9.59 Å². The van der Waals surface area contributed by atoms with E-state index in [0.29, 0.717) is 19.4 Å². The number of carbonyl (C=O) groups excluding carboxylic acids is 2. The molecule has 1 aliphatic heterocycles. The summed E-state index contributed by atoms with van der Waals surface area (Å²) in [6.45, 7) is 2.71. The van der Waals surface area contributed by atoms with Gasteiger partial charge in [0, 0.05) is 26.4 Å². The van der Waals surface area contributed by atoms with Crippen molar-refractivity contribution in [1.29, 1.82) is 0 Å². The fraction of sp³-hybridized carbons (Fsp3) is 0.800. The minimum absolute atomic E-state index is 0.0249. The van der Waals surface area contributed by atoms with E-state index in [9.17, 15) is 9.59 Å². The Kier molecular flexibility index (Phi) is 3.92. The van der Waals surface area contributed by atoms with Crippen molar-refractivity contribution in [3.63, 3.8) is 0 Å². The number of rotatable bonds is 4. The molecule has 80 valence electrons. The van der Waals surface area contributed by atoms with Gasteiger partial charge in [-0.15, -0.1) is 0 Å². The molecule has 4 heteroatoms. The lowest BCUT2D eigenvalue weighted by Crippen LogP contribution is -2.36. The molecule has 0 radical (unpaired) electrons. The third-order valence-electron chi connectivity index (χ3n) is 2.46. The maximum atomic E-state index is 11.3. The van der Waals surface area contributed by atoms with E-state index in [4.69, 9.17) is 0 Å². The molecule has 0 spiro atoms. The highest BCUT2D eigenvalue weighted by atomic mass is 16.2. The first kappa shape index (κ1) is 11.0. The van der Waals surface area contributed by atoms with Gasteiger partial charge in [0.15, 0.2) is 0 Å². The molecule has 0 saturated carbocycles. The summed E-state index contributed by atoms with van der Waals surface area (Å²) in [5, 5.41) is 2.87. The van der Waals surface area contributed by atoms with Crippen LogP contribution in [0, 0.1) is 0 Å². The first-order valence-electron chi connectivity index (χ1n) is 5.16. The van der Waals surface area contributed by atoms with Gasteiger partial charge in [-0.25, -0.2) is 0 Å². The monoisotopic (exact) mass is 198 g/mol. The highest BCUT2D eigenvalue weighted by Gasteiger charge is 2.27. The zero-order chi connectivity index (χ0) is 10.6. The van der Waals surface area contributed by atoms with Gasteiger partial charge in [0.1, 0.15) is 0 Å². The number of unbranched alkanes of at least 4 members (excludes halogenated alkanes) is 1. The molecule has 1 rings (SSSR count). The first-order valence-corrected chi connectivity index (χ1v) is 5.16. The van der Waals surface area contributed by atoms with Gasteiger partial charge in [0.25, 0.3) is 0 Å². The highest BCUT2D eigenvalue weighted by molar-refractivity contribution is 5.81. The normalized spacial score (nSPS) is 21.4. The first-order chi connectivity index (χ1) is 6.63. The Balaban J connectivity index is 2.25. The third-order valence-corrected chi connectivity index (χ3v) is 2.46. The van der Waals surface area contributed by atoms with Crippen LogP contribution in [-0.2, 0) is 9.59 Å². The SMILES string of the molecule is CCCCC(=O)NC1CC(=O)N(C)C1. The number of hydrogen-bond acceptors (Lipinski definition) is 2. The van der Waals surface area contributed by atoms with Crippen LogP contribution >= 0.6 is 0 Å². The van der Waals surface area contributed by atoms with Gasteiger partial charge in [0.05, 0.1) is 6.04 Å². The number of likely N-dealkylation sites (N-methyl/N-ethyl adjacent to an activating group) is 1. The topological polar surface area (TPSA) is 49.4 Å². The average molecular weight is 198 g/mol. The van der Waals surface area contributed by atoms with Gasteiger partial charge in [-0.1, -0.05) is 13.3 Å². The quantitative estimate of drug-likeness (QED) is 0.716. The summed E-state index contributed by atoms with van der Waals surface area (Å²) in [5.41, 5.74) is 0. The Labute approximate surface area is 84.7 Å². The predicted molar refractivity (Wildman–Crippen MR) is 53.7 cm³/mol. The zero-order valence-electron chi connectivity index (χ0n) is 8.88. The number of nitrogens with one attached hydrogen (secondary N) is 1. The van der Waals surface area contributed by atoms with E-state index < -0.39 is 0 Å². The molecule has 1 N–H and O–H groups in total. The predicted octanol–water partition coefficient (Wildman–Crippen LogP) is 0.523. The van der Waals surface area contributed by atoms with Crippen LogP contribution in [0.3, 0.4) is 0 Å². The molecule has 1 heterocycles. The summed E-state index contributed by atoms with van der Waals surface area (Å²) >= 11 is 0. The van der Waals surface area contributed by atoms with Gasteiger partial charge >= 0.3 is 0 Å². The van der Waals surface area contributed by atoms with Gasteiger partial charge < -0.3 is 10.2 Å². The van der Waals surface area contributed by atoms with Crippen molar-refractivity contribution in [2.24, 2.45) is 0 Å². The Morgan fingerprint density at radius 3 is 2.86 bits per heavy atom. The van der Waals surface area contributed by atoms with Crippen molar-refractivity contribution in [3.8, 4) is 0 Å². The lowest BCUT2D eigenvalue weighted by molar-refractivity contribution is -0.126. The van der Waals surface area contributed by atoms with Crippen LogP contribution in [-0.4, -0.2) is 36.3 Å². The number of amides is 2. The van der Waals surface area contributed by atoms with E-state index >= 15 is 0 Å². The molecule has 1 aliphatic rings. The van der Waals surface area contributed by atoms with Crippen molar-refractivity contribution in [1.82, 2.24) is 10.2 Å². The molecule has 1 saturated heterocycles. The van der Waals surface area contributed by atoms with E-state index in [-0.39, 0.29) is 17.9 Å². The fourth-order valence-electron chi connectivity index (χ4n) is 1.60. The van der Waals surface area contributed by atoms with Gasteiger partial charge in [0.2, 0.25) is 11.8 Å². The molecule has 2 amide bonds. The van der Waals surface area contributed by atoms with Crippen LogP contribution < -0.4 is 5.32 Å². The van der Waals surface area contributed by atoms with E-state index in [1.165, 1.54) is 0 Å². The summed E-state index contributed by atoms with van der Waals surface area (Å²) in [7, 11) is 1.76. The molecule has 0 aromatic carbocycles. The van der Waals surface area contributed by atoms with E-state index in [1.807, 2.05) is 0 Å². The van der Waals surface area contributed by atoms with E-state index in [1.54, 1.807) is 11.9 Å². The minimum atomic E-state index is 0.0249. The number of carbonyl (C=O) groups is 2. The zero-order valence-corrected chi connectivity index (χ0v) is 8.88. The molecular weight excluding hydrogens is 180 g/mol. The van der Waals surface area contributed by atoms with E-state index in [0.717, 1.165) is 12.8 Å². The second kappa shape index (κ2) is 4.98. The summed E-state index contributed by atoms with van der Waals surface area (Å²) in [6, 6.07) is 0.0249. The largest absolute Gasteiger partial charge is 0.351 e. The van der Waals surface area contributed by atoms with Gasteiger partial charge in [-0.05, 0) is 6.42 Å². The molecule has 0 aromatic rings. The number of hydrogen-bond donors (Lipinski definition) is 1. The molecule has 1 unspecified atom stereocenters. The fourth-order valence-corrected chi connectivity index (χ4v) is 1.60. The second-order valence-corrected chi connectivity index (χ2v) is 3.85. The highest BCUT2D eigenvalue weighted by Crippen LogP contribution is 2.08. The molecule has 0 bridgehead atoms. The standard InChI is InChI=1S/C10H18N2O2/c1-3-4-5-9(13)11-8-6-10(14)12(2)7-8/h8H,3-7H2,1-2H3,(H,11,13). The molecule has 1 atom stereocenters. The molecular formula is C10H18N2O2. The maximum Gasteiger partial charge on any atom is 0.224 e. The summed E-state index contributed by atoms with van der Waals surface area (Å²) in [4.78, 5) is 24.1. The van der Waals surface area contributed by atoms with Gasteiger partial charge in [-0.2, -0.15) is 0 Å². The number of likely N-dealkylation sites (tertiary alicyclic amines) is 1. The molecule has 0 aliphatic carbocycles. The van der Waals surface area contributed by atoms with Crippen LogP contribution in [0.25, 0.3) is 0 Å². The smallest absolute Gasteiger partial charge is 0.224 e. The van der Waals surface area contributed by atoms with Crippen LogP contribution in [0.15, 0.2) is 0 Å². The molecule has 4 nitrogen and oxygen atoms in total. The van der Waals surface area contributed by atoms with Gasteiger partial charge in [-0.3, -0.25) is 9.59 Å². The Bertz CT molecular complexity index is 228. The van der Waals surface area contributed by atoms with Crippen LogP contribution in [0.2, 0.25) is 0 Å². The summed E-state index contributed by atoms with van der Waals surface area (Å²) in [5.74, 6) is 0.186. The summed E-state index contributed by atoms with van der Waals surface area (Å²) < 4.78 is 0. The summed E-state index contributed by atoms with van der Waals surface area (Å²) in [6.07, 6.45) is 2.97. The Morgan fingerprint density at radius 1 is 1.64 bits per heavy atom. The van der Waals surface area contributed by atoms with Crippen LogP contribution in [0.1, 0.15) is 32.6 Å². The Hall–Kier alpha value is -1.06. The minimum Gasteiger partial charge on any atom is -0.351 e. The third kappa shape index (κ3) is 3.01. The van der Waals surface area contributed by atoms with Crippen molar-refractivity contribution in [2.75, 3.05) is 13.6 Å². The second-order valence-electron chi connectivity index (χ2n) is 3.85. The van der Waals surface area contributed by atoms with Crippen molar-refractivity contribution in [3.05, 3.63) is 0 Å². The van der Waals surface area contributed by atoms with Crippen LogP contribution in [0.4, 0.5) is 0 Å². The lowest BCUT2D eigenvalue weighted by atomic mass is 10.2. The molecule has 14 heavy (non-hydrogen) atoms. The molecule has 1 fully saturated rings. The Morgan fingerprint density at radius 2 is 2.36 bits per heavy atom. The molecule has 0 aromatic heterocycles. The van der Waals surface area contributed by atoms with E-state index in [2.05, 4.69) is 12.2 Å². The number of nitrogens with zero attached hydrogens (tertiary/aromatic N) is 1. The lowest BCUT2D eigenvalue weighted by Gasteiger charge is -2.11. The average Bonchev–Trinajstić information content (AvgIpc) is 2.42. The van der Waals surface area contributed by atoms with Crippen LogP contribution in [0.5, 0.6) is 0 Å². The van der Waals surface area contributed by atoms with Crippen molar-refractivity contribution >= 4 is 11.8 Å². The maximum absolute atomic E-state index is 11.3. The van der Waals surface area contributed by atoms with Crippen molar-refractivity contribution in [2.45, 2.75) is 38.6 Å².